The lowest BCUT2D eigenvalue weighted by Crippen LogP contribution is -2.58. The molecule has 14 heavy (non-hydrogen) atoms. The molecule has 1 fully saturated rings. The van der Waals surface area contributed by atoms with Crippen molar-refractivity contribution in [3.8, 4) is 0 Å². The Hall–Kier alpha value is -0.870. The molecule has 0 aromatic rings. The SMILES string of the molecule is C=CCN1CC(CN)OC(C)(C)C1=O. The van der Waals surface area contributed by atoms with E-state index in [1.54, 1.807) is 24.8 Å². The Balaban J connectivity index is 2.76. The molecule has 1 rings (SSSR count). The number of carbonyl (C=O) groups is 1. The van der Waals surface area contributed by atoms with Gasteiger partial charge in [0.15, 0.2) is 0 Å². The summed E-state index contributed by atoms with van der Waals surface area (Å²) in [6.45, 7) is 8.72. The molecule has 0 saturated carbocycles. The summed E-state index contributed by atoms with van der Waals surface area (Å²) < 4.78 is 5.56. The number of morpholine rings is 1. The van der Waals surface area contributed by atoms with E-state index in [4.69, 9.17) is 10.5 Å². The molecule has 1 saturated heterocycles. The molecule has 2 N–H and O–H groups in total. The molecule has 1 atom stereocenters. The fraction of sp³-hybridized carbons (Fsp3) is 0.700. The van der Waals surface area contributed by atoms with Crippen molar-refractivity contribution >= 4 is 5.91 Å². The summed E-state index contributed by atoms with van der Waals surface area (Å²) in [7, 11) is 0. The summed E-state index contributed by atoms with van der Waals surface area (Å²) in [5.74, 6) is 0.00194. The van der Waals surface area contributed by atoms with Crippen LogP contribution in [-0.4, -0.2) is 42.1 Å². The highest BCUT2D eigenvalue weighted by atomic mass is 16.5. The fourth-order valence-electron chi connectivity index (χ4n) is 1.65. The van der Waals surface area contributed by atoms with Gasteiger partial charge >= 0.3 is 0 Å². The van der Waals surface area contributed by atoms with Crippen LogP contribution < -0.4 is 5.73 Å². The third-order valence-corrected chi connectivity index (χ3v) is 2.30. The first-order valence-corrected chi connectivity index (χ1v) is 4.79. The van der Waals surface area contributed by atoms with Crippen LogP contribution >= 0.6 is 0 Å². The number of hydrogen-bond acceptors (Lipinski definition) is 3. The molecule has 1 unspecified atom stereocenters. The monoisotopic (exact) mass is 198 g/mol. The maximum Gasteiger partial charge on any atom is 0.254 e. The molecule has 0 radical (unpaired) electrons. The predicted molar refractivity (Wildman–Crippen MR) is 54.8 cm³/mol. The zero-order valence-corrected chi connectivity index (χ0v) is 8.82. The highest BCUT2D eigenvalue weighted by Gasteiger charge is 2.40. The first-order valence-electron chi connectivity index (χ1n) is 4.79. The summed E-state index contributed by atoms with van der Waals surface area (Å²) >= 11 is 0. The van der Waals surface area contributed by atoms with Crippen molar-refractivity contribution in [2.75, 3.05) is 19.6 Å². The Labute approximate surface area is 84.7 Å². The Kier molecular flexibility index (Phi) is 3.29. The van der Waals surface area contributed by atoms with E-state index in [0.29, 0.717) is 19.6 Å². The van der Waals surface area contributed by atoms with Crippen LogP contribution in [-0.2, 0) is 9.53 Å². The van der Waals surface area contributed by atoms with E-state index in [1.165, 1.54) is 0 Å². The molecule has 0 aromatic carbocycles. The van der Waals surface area contributed by atoms with Gasteiger partial charge in [0.05, 0.1) is 6.10 Å². The van der Waals surface area contributed by atoms with Gasteiger partial charge in [0.1, 0.15) is 5.60 Å². The van der Waals surface area contributed by atoms with Crippen LogP contribution in [0.5, 0.6) is 0 Å². The highest BCUT2D eigenvalue weighted by Crippen LogP contribution is 2.21. The van der Waals surface area contributed by atoms with Gasteiger partial charge in [-0.05, 0) is 13.8 Å². The molecule has 0 aliphatic carbocycles. The van der Waals surface area contributed by atoms with Crippen LogP contribution in [0, 0.1) is 0 Å². The minimum absolute atomic E-state index is 0.00194. The molecular weight excluding hydrogens is 180 g/mol. The van der Waals surface area contributed by atoms with E-state index in [2.05, 4.69) is 6.58 Å². The van der Waals surface area contributed by atoms with Gasteiger partial charge in [-0.2, -0.15) is 0 Å². The quantitative estimate of drug-likeness (QED) is 0.656. The van der Waals surface area contributed by atoms with Crippen molar-refractivity contribution in [1.82, 2.24) is 4.90 Å². The number of nitrogens with zero attached hydrogens (tertiary/aromatic N) is 1. The van der Waals surface area contributed by atoms with E-state index in [9.17, 15) is 4.79 Å². The number of carbonyl (C=O) groups excluding carboxylic acids is 1. The second-order valence-electron chi connectivity index (χ2n) is 3.98. The van der Waals surface area contributed by atoms with Crippen LogP contribution in [0.4, 0.5) is 0 Å². The maximum absolute atomic E-state index is 11.8. The third-order valence-electron chi connectivity index (χ3n) is 2.30. The van der Waals surface area contributed by atoms with Crippen LogP contribution in [0.3, 0.4) is 0 Å². The zero-order chi connectivity index (χ0) is 10.8. The van der Waals surface area contributed by atoms with E-state index in [0.717, 1.165) is 0 Å². The lowest BCUT2D eigenvalue weighted by Gasteiger charge is -2.41. The van der Waals surface area contributed by atoms with Gasteiger partial charge in [0.25, 0.3) is 5.91 Å². The molecular formula is C10H18N2O2. The molecule has 0 aromatic heterocycles. The number of nitrogens with two attached hydrogens (primary N) is 1. The second kappa shape index (κ2) is 4.11. The third kappa shape index (κ3) is 2.13. The topological polar surface area (TPSA) is 55.6 Å². The summed E-state index contributed by atoms with van der Waals surface area (Å²) in [6, 6.07) is 0. The highest BCUT2D eigenvalue weighted by molar-refractivity contribution is 5.85. The minimum Gasteiger partial charge on any atom is -0.359 e. The van der Waals surface area contributed by atoms with Gasteiger partial charge in [-0.25, -0.2) is 0 Å². The van der Waals surface area contributed by atoms with Crippen LogP contribution in [0.1, 0.15) is 13.8 Å². The van der Waals surface area contributed by atoms with E-state index in [1.807, 2.05) is 0 Å². The Morgan fingerprint density at radius 2 is 2.43 bits per heavy atom. The summed E-state index contributed by atoms with van der Waals surface area (Å²) in [4.78, 5) is 13.5. The number of ether oxygens (including phenoxy) is 1. The van der Waals surface area contributed by atoms with Gasteiger partial charge in [0, 0.05) is 19.6 Å². The summed E-state index contributed by atoms with van der Waals surface area (Å²) in [5.41, 5.74) is 4.78. The molecule has 1 heterocycles. The zero-order valence-electron chi connectivity index (χ0n) is 8.82. The summed E-state index contributed by atoms with van der Waals surface area (Å²) in [5, 5.41) is 0. The lowest BCUT2D eigenvalue weighted by atomic mass is 10.0. The molecule has 4 heteroatoms. The van der Waals surface area contributed by atoms with E-state index >= 15 is 0 Å². The van der Waals surface area contributed by atoms with E-state index in [-0.39, 0.29) is 12.0 Å². The van der Waals surface area contributed by atoms with Crippen LogP contribution in [0.15, 0.2) is 12.7 Å². The Morgan fingerprint density at radius 3 is 2.93 bits per heavy atom. The molecule has 80 valence electrons. The van der Waals surface area contributed by atoms with Gasteiger partial charge in [-0.15, -0.1) is 6.58 Å². The molecule has 0 bridgehead atoms. The normalized spacial score (nSPS) is 26.4. The molecule has 1 aliphatic heterocycles. The number of hydrogen-bond donors (Lipinski definition) is 1. The van der Waals surface area contributed by atoms with Gasteiger partial charge in [0.2, 0.25) is 0 Å². The van der Waals surface area contributed by atoms with Crippen LogP contribution in [0.2, 0.25) is 0 Å². The average molecular weight is 198 g/mol. The van der Waals surface area contributed by atoms with Gasteiger partial charge in [-0.3, -0.25) is 4.79 Å². The number of rotatable bonds is 3. The standard InChI is InChI=1S/C10H18N2O2/c1-4-5-12-7-8(6-11)14-10(2,3)9(12)13/h4,8H,1,5-7,11H2,2-3H3. The van der Waals surface area contributed by atoms with Crippen LogP contribution in [0.25, 0.3) is 0 Å². The van der Waals surface area contributed by atoms with Crippen molar-refractivity contribution < 1.29 is 9.53 Å². The molecule has 1 aliphatic rings. The van der Waals surface area contributed by atoms with E-state index < -0.39 is 5.60 Å². The Bertz CT molecular complexity index is 238. The van der Waals surface area contributed by atoms with Crippen molar-refractivity contribution in [2.24, 2.45) is 5.73 Å². The van der Waals surface area contributed by atoms with Gasteiger partial charge < -0.3 is 15.4 Å². The van der Waals surface area contributed by atoms with Crippen molar-refractivity contribution in [3.05, 3.63) is 12.7 Å². The first kappa shape index (κ1) is 11.2. The number of amides is 1. The van der Waals surface area contributed by atoms with Crippen molar-refractivity contribution in [3.63, 3.8) is 0 Å². The predicted octanol–water partition coefficient (Wildman–Crippen LogP) is 0.137. The van der Waals surface area contributed by atoms with Gasteiger partial charge in [-0.1, -0.05) is 6.08 Å². The summed E-state index contributed by atoms with van der Waals surface area (Å²) in [6.07, 6.45) is 1.65. The molecule has 0 spiro atoms. The lowest BCUT2D eigenvalue weighted by molar-refractivity contribution is -0.177. The fourth-order valence-corrected chi connectivity index (χ4v) is 1.65. The minimum atomic E-state index is -0.759. The van der Waals surface area contributed by atoms with Crippen molar-refractivity contribution in [2.45, 2.75) is 25.6 Å². The maximum atomic E-state index is 11.8. The second-order valence-corrected chi connectivity index (χ2v) is 3.98. The smallest absolute Gasteiger partial charge is 0.254 e. The first-order chi connectivity index (χ1) is 6.51. The Morgan fingerprint density at radius 1 is 1.79 bits per heavy atom. The average Bonchev–Trinajstić information content (AvgIpc) is 2.12. The molecule has 1 amide bonds. The van der Waals surface area contributed by atoms with Crippen molar-refractivity contribution in [1.29, 1.82) is 0 Å². The largest absolute Gasteiger partial charge is 0.359 e. The molecule has 4 nitrogen and oxygen atoms in total.